The molecule has 0 saturated heterocycles. The van der Waals surface area contributed by atoms with Crippen LogP contribution >= 0.6 is 0 Å². The average Bonchev–Trinajstić information content (AvgIpc) is 3.09. The smallest absolute Gasteiger partial charge is 0.319 e. The van der Waals surface area contributed by atoms with Gasteiger partial charge < -0.3 is 15.4 Å². The van der Waals surface area contributed by atoms with Gasteiger partial charge in [0.25, 0.3) is 0 Å². The van der Waals surface area contributed by atoms with E-state index >= 15 is 0 Å². The lowest BCUT2D eigenvalue weighted by atomic mass is 10.2. The number of urea groups is 1. The van der Waals surface area contributed by atoms with Crippen molar-refractivity contribution >= 4 is 11.7 Å². The topological polar surface area (TPSA) is 50.4 Å². The maximum absolute atomic E-state index is 12.0. The summed E-state index contributed by atoms with van der Waals surface area (Å²) < 4.78 is 5.79. The molecule has 4 heteroatoms. The van der Waals surface area contributed by atoms with E-state index < -0.39 is 0 Å². The van der Waals surface area contributed by atoms with Crippen LogP contribution < -0.4 is 15.4 Å². The second-order valence-corrected chi connectivity index (χ2v) is 6.19. The molecule has 1 fully saturated rings. The molecule has 0 radical (unpaired) electrons. The maximum atomic E-state index is 12.0. The first-order valence-electron chi connectivity index (χ1n) is 8.64. The van der Waals surface area contributed by atoms with Crippen molar-refractivity contribution in [2.24, 2.45) is 0 Å². The molecule has 0 unspecified atom stereocenters. The van der Waals surface area contributed by atoms with Gasteiger partial charge in [-0.1, -0.05) is 49.2 Å². The summed E-state index contributed by atoms with van der Waals surface area (Å²) in [5, 5.41) is 5.91. The average molecular weight is 324 g/mol. The van der Waals surface area contributed by atoms with Crippen LogP contribution in [0.1, 0.15) is 31.2 Å². The third-order valence-corrected chi connectivity index (χ3v) is 4.28. The second-order valence-electron chi connectivity index (χ2n) is 6.19. The van der Waals surface area contributed by atoms with Crippen LogP contribution in [0.5, 0.6) is 5.75 Å². The summed E-state index contributed by atoms with van der Waals surface area (Å²) in [6, 6.07) is 18.0. The highest BCUT2D eigenvalue weighted by molar-refractivity contribution is 5.89. The van der Waals surface area contributed by atoms with Gasteiger partial charge in [0.15, 0.2) is 0 Å². The molecule has 0 spiro atoms. The van der Waals surface area contributed by atoms with Crippen LogP contribution in [0.25, 0.3) is 0 Å². The predicted molar refractivity (Wildman–Crippen MR) is 96.5 cm³/mol. The van der Waals surface area contributed by atoms with Crippen molar-refractivity contribution in [2.75, 3.05) is 11.9 Å². The number of benzene rings is 2. The summed E-state index contributed by atoms with van der Waals surface area (Å²) in [4.78, 5) is 12.0. The highest BCUT2D eigenvalue weighted by atomic mass is 16.5. The number of hydrogen-bond acceptors (Lipinski definition) is 2. The molecule has 0 atom stereocenters. The van der Waals surface area contributed by atoms with Crippen molar-refractivity contribution in [3.05, 3.63) is 60.2 Å². The van der Waals surface area contributed by atoms with Crippen LogP contribution in [0.2, 0.25) is 0 Å². The molecule has 2 aromatic rings. The fourth-order valence-corrected chi connectivity index (χ4v) is 3.02. The Bertz CT molecular complexity index is 652. The van der Waals surface area contributed by atoms with Crippen LogP contribution in [0, 0.1) is 0 Å². The third kappa shape index (κ3) is 5.01. The van der Waals surface area contributed by atoms with Gasteiger partial charge in [0, 0.05) is 24.2 Å². The normalized spacial score (nSPS) is 14.3. The van der Waals surface area contributed by atoms with Gasteiger partial charge in [0.05, 0.1) is 6.61 Å². The number of hydrogen-bond donors (Lipinski definition) is 2. The van der Waals surface area contributed by atoms with Crippen molar-refractivity contribution in [3.8, 4) is 5.75 Å². The van der Waals surface area contributed by atoms with Crippen molar-refractivity contribution < 1.29 is 9.53 Å². The largest absolute Gasteiger partial charge is 0.493 e. The zero-order valence-corrected chi connectivity index (χ0v) is 13.8. The van der Waals surface area contributed by atoms with Crippen LogP contribution in [-0.4, -0.2) is 18.7 Å². The fraction of sp³-hybridized carbons (Fsp3) is 0.350. The summed E-state index contributed by atoms with van der Waals surface area (Å²) >= 11 is 0. The molecular formula is C20H24N2O2. The SMILES string of the molecule is O=C(Nc1cccc(OCCc2ccccc2)c1)NC1CCCC1. The van der Waals surface area contributed by atoms with E-state index in [0.717, 1.165) is 30.7 Å². The lowest BCUT2D eigenvalue weighted by Gasteiger charge is -2.13. The summed E-state index contributed by atoms with van der Waals surface area (Å²) in [6.45, 7) is 0.613. The summed E-state index contributed by atoms with van der Waals surface area (Å²) in [5.74, 6) is 0.768. The molecule has 1 aliphatic rings. The van der Waals surface area contributed by atoms with E-state index in [9.17, 15) is 4.79 Å². The number of carbonyl (C=O) groups excluding carboxylic acids is 1. The van der Waals surface area contributed by atoms with Crippen molar-refractivity contribution in [3.63, 3.8) is 0 Å². The van der Waals surface area contributed by atoms with E-state index in [1.165, 1.54) is 18.4 Å². The molecule has 1 saturated carbocycles. The van der Waals surface area contributed by atoms with E-state index in [1.807, 2.05) is 42.5 Å². The highest BCUT2D eigenvalue weighted by Crippen LogP contribution is 2.19. The van der Waals surface area contributed by atoms with Crippen LogP contribution in [0.3, 0.4) is 0 Å². The zero-order chi connectivity index (χ0) is 16.6. The summed E-state index contributed by atoms with van der Waals surface area (Å²) in [7, 11) is 0. The first-order valence-corrected chi connectivity index (χ1v) is 8.64. The Kier molecular flexibility index (Phi) is 5.72. The fourth-order valence-electron chi connectivity index (χ4n) is 3.02. The van der Waals surface area contributed by atoms with Gasteiger partial charge in [-0.15, -0.1) is 0 Å². The third-order valence-electron chi connectivity index (χ3n) is 4.28. The number of nitrogens with one attached hydrogen (secondary N) is 2. The highest BCUT2D eigenvalue weighted by Gasteiger charge is 2.16. The molecule has 0 bridgehead atoms. The van der Waals surface area contributed by atoms with E-state index in [-0.39, 0.29) is 6.03 Å². The van der Waals surface area contributed by atoms with E-state index in [4.69, 9.17) is 4.74 Å². The molecule has 1 aliphatic carbocycles. The minimum Gasteiger partial charge on any atom is -0.493 e. The molecule has 2 aromatic carbocycles. The molecule has 0 heterocycles. The van der Waals surface area contributed by atoms with E-state index in [2.05, 4.69) is 22.8 Å². The number of rotatable bonds is 6. The molecule has 2 amide bonds. The lowest BCUT2D eigenvalue weighted by Crippen LogP contribution is -2.36. The first-order chi connectivity index (χ1) is 11.8. The van der Waals surface area contributed by atoms with Gasteiger partial charge in [0.1, 0.15) is 5.75 Å². The first kappa shape index (κ1) is 16.4. The molecular weight excluding hydrogens is 300 g/mol. The van der Waals surface area contributed by atoms with Gasteiger partial charge in [-0.05, 0) is 30.5 Å². The van der Waals surface area contributed by atoms with Gasteiger partial charge in [-0.3, -0.25) is 0 Å². The summed E-state index contributed by atoms with van der Waals surface area (Å²) in [6.07, 6.45) is 5.43. The minimum absolute atomic E-state index is 0.136. The minimum atomic E-state index is -0.136. The number of anilines is 1. The molecule has 126 valence electrons. The predicted octanol–water partition coefficient (Wildman–Crippen LogP) is 4.37. The standard InChI is InChI=1S/C20H24N2O2/c23-20(21-17-9-4-5-10-17)22-18-11-6-12-19(15-18)24-14-13-16-7-2-1-3-8-16/h1-3,6-8,11-12,15,17H,4-5,9-10,13-14H2,(H2,21,22,23). The Morgan fingerprint density at radius 3 is 2.62 bits per heavy atom. The zero-order valence-electron chi connectivity index (χ0n) is 13.8. The number of carbonyl (C=O) groups is 1. The Hall–Kier alpha value is -2.49. The van der Waals surface area contributed by atoms with Gasteiger partial charge >= 0.3 is 6.03 Å². The van der Waals surface area contributed by atoms with Gasteiger partial charge in [0.2, 0.25) is 0 Å². The number of amides is 2. The second kappa shape index (κ2) is 8.39. The van der Waals surface area contributed by atoms with E-state index in [0.29, 0.717) is 12.6 Å². The monoisotopic (exact) mass is 324 g/mol. The quantitative estimate of drug-likeness (QED) is 0.829. The van der Waals surface area contributed by atoms with Crippen molar-refractivity contribution in [1.29, 1.82) is 0 Å². The van der Waals surface area contributed by atoms with Gasteiger partial charge in [-0.2, -0.15) is 0 Å². The van der Waals surface area contributed by atoms with Crippen LogP contribution in [0.15, 0.2) is 54.6 Å². The molecule has 24 heavy (non-hydrogen) atoms. The van der Waals surface area contributed by atoms with Crippen LogP contribution in [-0.2, 0) is 6.42 Å². The molecule has 0 aliphatic heterocycles. The molecule has 3 rings (SSSR count). The molecule has 4 nitrogen and oxygen atoms in total. The Morgan fingerprint density at radius 1 is 1.04 bits per heavy atom. The maximum Gasteiger partial charge on any atom is 0.319 e. The van der Waals surface area contributed by atoms with Gasteiger partial charge in [-0.25, -0.2) is 4.79 Å². The van der Waals surface area contributed by atoms with E-state index in [1.54, 1.807) is 0 Å². The number of ether oxygens (including phenoxy) is 1. The Labute approximate surface area is 143 Å². The molecule has 2 N–H and O–H groups in total. The van der Waals surface area contributed by atoms with Crippen molar-refractivity contribution in [1.82, 2.24) is 5.32 Å². The lowest BCUT2D eigenvalue weighted by molar-refractivity contribution is 0.248. The van der Waals surface area contributed by atoms with Crippen LogP contribution in [0.4, 0.5) is 10.5 Å². The van der Waals surface area contributed by atoms with Crippen molar-refractivity contribution in [2.45, 2.75) is 38.1 Å². The Balaban J connectivity index is 1.47. The Morgan fingerprint density at radius 2 is 1.83 bits per heavy atom. The summed E-state index contributed by atoms with van der Waals surface area (Å²) in [5.41, 5.74) is 2.01. The molecule has 0 aromatic heterocycles.